The minimum Gasteiger partial charge on any atom is -0.463 e. The Morgan fingerprint density at radius 1 is 1.13 bits per heavy atom. The molecule has 0 unspecified atom stereocenters. The molecule has 0 radical (unpaired) electrons. The van der Waals surface area contributed by atoms with E-state index in [2.05, 4.69) is 20.3 Å². The first-order chi connectivity index (χ1) is 18.2. The smallest absolute Gasteiger partial charge is 0.309 e. The number of carbonyl (C=O) groups excluding carboxylic acids is 1. The number of esters is 1. The van der Waals surface area contributed by atoms with Gasteiger partial charge in [0.1, 0.15) is 23.8 Å². The van der Waals surface area contributed by atoms with Gasteiger partial charge in [-0.15, -0.1) is 0 Å². The van der Waals surface area contributed by atoms with E-state index in [0.717, 1.165) is 11.1 Å². The topological polar surface area (TPSA) is 117 Å². The number of rotatable bonds is 9. The third-order valence-corrected chi connectivity index (χ3v) is 7.03. The van der Waals surface area contributed by atoms with Crippen LogP contribution in [0.3, 0.4) is 0 Å². The van der Waals surface area contributed by atoms with Gasteiger partial charge in [-0.1, -0.05) is 0 Å². The number of pyridine rings is 3. The molecule has 202 valence electrons. The first-order valence-corrected chi connectivity index (χ1v) is 12.6. The highest BCUT2D eigenvalue weighted by Crippen LogP contribution is 2.41. The fraction of sp³-hybridized carbons (Fsp3) is 0.429. The molecule has 0 aliphatic heterocycles. The van der Waals surface area contributed by atoms with E-state index in [1.54, 1.807) is 25.3 Å². The summed E-state index contributed by atoms with van der Waals surface area (Å²) in [6.07, 6.45) is 2.93. The van der Waals surface area contributed by atoms with E-state index < -0.39 is 12.0 Å². The second-order valence-electron chi connectivity index (χ2n) is 9.83. The lowest BCUT2D eigenvalue weighted by atomic mass is 9.73. The van der Waals surface area contributed by atoms with Crippen molar-refractivity contribution in [1.29, 1.82) is 0 Å². The molecule has 1 fully saturated rings. The maximum atomic E-state index is 13.0. The molecular weight excluding hydrogens is 494 g/mol. The molecule has 3 heterocycles. The third-order valence-electron chi connectivity index (χ3n) is 7.03. The number of aliphatic hydroxyl groups is 2. The highest BCUT2D eigenvalue weighted by molar-refractivity contribution is 5.72. The summed E-state index contributed by atoms with van der Waals surface area (Å²) in [6, 6.07) is 9.87. The van der Waals surface area contributed by atoms with Gasteiger partial charge in [0, 0.05) is 23.5 Å². The first kappa shape index (κ1) is 27.5. The summed E-state index contributed by atoms with van der Waals surface area (Å²) in [5.74, 6) is 0.160. The summed E-state index contributed by atoms with van der Waals surface area (Å²) in [6.45, 7) is 3.46. The summed E-state index contributed by atoms with van der Waals surface area (Å²) in [5.41, 5.74) is 1.52. The Morgan fingerprint density at radius 3 is 2.55 bits per heavy atom. The van der Waals surface area contributed by atoms with Crippen LogP contribution in [0.2, 0.25) is 0 Å². The number of aryl methyl sites for hydroxylation is 1. The lowest BCUT2D eigenvalue weighted by Crippen LogP contribution is -2.37. The number of carbonyl (C=O) groups is 1. The van der Waals surface area contributed by atoms with E-state index in [4.69, 9.17) is 9.84 Å². The minimum atomic E-state index is -2.59. The van der Waals surface area contributed by atoms with E-state index in [1.807, 2.05) is 19.1 Å². The maximum Gasteiger partial charge on any atom is 0.309 e. The molecule has 0 bridgehead atoms. The minimum absolute atomic E-state index is 0.00286. The Kier molecular flexibility index (Phi) is 8.63. The Morgan fingerprint density at radius 2 is 1.89 bits per heavy atom. The number of alkyl halides is 2. The van der Waals surface area contributed by atoms with Crippen LogP contribution in [0.25, 0.3) is 11.3 Å². The fourth-order valence-corrected chi connectivity index (χ4v) is 4.87. The standard InChI is InChI=1S/C28H32F2N4O4/c1-17-13-22(33-25(14-17)34-24-15-19(26(29)30)9-10-31-24)20-5-8-23(32-16-20)28(2,37)21-6-3-18(4-7-21)27(36)38-12-11-35/h5,8-10,13-16,18,21,26,35,37H,3-4,6-7,11-12H2,1-2H3,(H,31,33,34)/t18?,21?,28-/m1/s1. The van der Waals surface area contributed by atoms with Crippen molar-refractivity contribution in [3.8, 4) is 11.3 Å². The molecule has 38 heavy (non-hydrogen) atoms. The van der Waals surface area contributed by atoms with Crippen LogP contribution in [-0.4, -0.2) is 44.3 Å². The van der Waals surface area contributed by atoms with Crippen molar-refractivity contribution in [1.82, 2.24) is 15.0 Å². The molecule has 10 heteroatoms. The molecule has 1 saturated carbocycles. The summed E-state index contributed by atoms with van der Waals surface area (Å²) < 4.78 is 31.1. The van der Waals surface area contributed by atoms with Crippen LogP contribution in [-0.2, 0) is 15.1 Å². The predicted molar refractivity (Wildman–Crippen MR) is 138 cm³/mol. The summed E-state index contributed by atoms with van der Waals surface area (Å²) in [7, 11) is 0. The van der Waals surface area contributed by atoms with Crippen LogP contribution in [0.15, 0.2) is 48.8 Å². The van der Waals surface area contributed by atoms with Crippen LogP contribution < -0.4 is 5.32 Å². The number of ether oxygens (including phenoxy) is 1. The highest BCUT2D eigenvalue weighted by Gasteiger charge is 2.39. The number of aromatic nitrogens is 3. The van der Waals surface area contributed by atoms with Gasteiger partial charge in [0.25, 0.3) is 6.43 Å². The molecule has 0 aromatic carbocycles. The van der Waals surface area contributed by atoms with Crippen LogP contribution in [0.4, 0.5) is 20.4 Å². The fourth-order valence-electron chi connectivity index (χ4n) is 4.87. The Balaban J connectivity index is 1.45. The van der Waals surface area contributed by atoms with Crippen molar-refractivity contribution in [2.45, 2.75) is 51.6 Å². The maximum absolute atomic E-state index is 13.0. The number of hydrogen-bond acceptors (Lipinski definition) is 8. The second-order valence-corrected chi connectivity index (χ2v) is 9.83. The molecule has 1 atom stereocenters. The van der Waals surface area contributed by atoms with E-state index in [0.29, 0.717) is 42.9 Å². The number of hydrogen-bond donors (Lipinski definition) is 3. The Bertz CT molecular complexity index is 1250. The average molecular weight is 527 g/mol. The van der Waals surface area contributed by atoms with Crippen LogP contribution in [0.1, 0.15) is 55.9 Å². The van der Waals surface area contributed by atoms with Gasteiger partial charge < -0.3 is 20.3 Å². The SMILES string of the molecule is Cc1cc(Nc2cc(C(F)F)ccn2)nc(-c2ccc([C@](C)(O)C3CCC(C(=O)OCCO)CC3)nc2)c1. The zero-order valence-corrected chi connectivity index (χ0v) is 21.4. The zero-order valence-electron chi connectivity index (χ0n) is 21.4. The molecule has 8 nitrogen and oxygen atoms in total. The predicted octanol–water partition coefficient (Wildman–Crippen LogP) is 5.08. The van der Waals surface area contributed by atoms with Gasteiger partial charge in [-0.2, -0.15) is 0 Å². The third kappa shape index (κ3) is 6.49. The lowest BCUT2D eigenvalue weighted by molar-refractivity contribution is -0.152. The van der Waals surface area contributed by atoms with Crippen LogP contribution >= 0.6 is 0 Å². The monoisotopic (exact) mass is 526 g/mol. The van der Waals surface area contributed by atoms with Gasteiger partial charge >= 0.3 is 5.97 Å². The highest BCUT2D eigenvalue weighted by atomic mass is 19.3. The molecule has 0 amide bonds. The molecule has 3 N–H and O–H groups in total. The molecule has 3 aromatic rings. The van der Waals surface area contributed by atoms with Crippen molar-refractivity contribution >= 4 is 17.6 Å². The summed E-state index contributed by atoms with van der Waals surface area (Å²) in [5, 5.41) is 23.2. The first-order valence-electron chi connectivity index (χ1n) is 12.6. The number of halogens is 2. The molecule has 0 saturated heterocycles. The van der Waals surface area contributed by atoms with Crippen molar-refractivity contribution < 1.29 is 28.5 Å². The number of nitrogens with zero attached hydrogens (tertiary/aromatic N) is 3. The van der Waals surface area contributed by atoms with Crippen LogP contribution in [0, 0.1) is 18.8 Å². The van der Waals surface area contributed by atoms with Gasteiger partial charge in [-0.25, -0.2) is 18.7 Å². The molecule has 3 aromatic heterocycles. The van der Waals surface area contributed by atoms with Gasteiger partial charge in [0.2, 0.25) is 0 Å². The van der Waals surface area contributed by atoms with Crippen LogP contribution in [0.5, 0.6) is 0 Å². The van der Waals surface area contributed by atoms with E-state index in [9.17, 15) is 18.7 Å². The summed E-state index contributed by atoms with van der Waals surface area (Å²) >= 11 is 0. The molecule has 0 spiro atoms. The molecule has 1 aliphatic carbocycles. The quantitative estimate of drug-likeness (QED) is 0.331. The van der Waals surface area contributed by atoms with E-state index in [-0.39, 0.29) is 42.4 Å². The van der Waals surface area contributed by atoms with Crippen molar-refractivity contribution in [3.05, 3.63) is 65.6 Å². The van der Waals surface area contributed by atoms with Crippen molar-refractivity contribution in [2.24, 2.45) is 11.8 Å². The number of aliphatic hydroxyl groups excluding tert-OH is 1. The van der Waals surface area contributed by atoms with Crippen molar-refractivity contribution in [2.75, 3.05) is 18.5 Å². The van der Waals surface area contributed by atoms with Crippen molar-refractivity contribution in [3.63, 3.8) is 0 Å². The van der Waals surface area contributed by atoms with Gasteiger partial charge in [-0.3, -0.25) is 9.78 Å². The summed E-state index contributed by atoms with van der Waals surface area (Å²) in [4.78, 5) is 25.3. The Labute approximate surface area is 220 Å². The normalized spacial score (nSPS) is 19.1. The lowest BCUT2D eigenvalue weighted by Gasteiger charge is -2.37. The molecule has 1 aliphatic rings. The van der Waals surface area contributed by atoms with Gasteiger partial charge in [0.05, 0.1) is 23.9 Å². The van der Waals surface area contributed by atoms with E-state index in [1.165, 1.54) is 18.3 Å². The molecule has 4 rings (SSSR count). The zero-order chi connectivity index (χ0) is 27.3. The number of anilines is 2. The largest absolute Gasteiger partial charge is 0.463 e. The average Bonchev–Trinajstić information content (AvgIpc) is 2.91. The van der Waals surface area contributed by atoms with Gasteiger partial charge in [-0.05, 0) is 87.4 Å². The van der Waals surface area contributed by atoms with E-state index >= 15 is 0 Å². The second kappa shape index (κ2) is 11.9. The Hall–Kier alpha value is -3.50. The molecular formula is C28H32F2N4O4. The van der Waals surface area contributed by atoms with Gasteiger partial charge in [0.15, 0.2) is 0 Å². The number of nitrogens with one attached hydrogen (secondary N) is 1.